The van der Waals surface area contributed by atoms with Crippen molar-refractivity contribution in [1.29, 1.82) is 0 Å². The van der Waals surface area contributed by atoms with Gasteiger partial charge in [-0.05, 0) is 5.53 Å². The van der Waals surface area contributed by atoms with Gasteiger partial charge in [0.25, 0.3) is 0 Å². The normalized spacial score (nSPS) is 8.50. The number of allylic oxidation sites excluding steroid dienone is 2. The van der Waals surface area contributed by atoms with Crippen molar-refractivity contribution in [2.45, 2.75) is 0 Å². The van der Waals surface area contributed by atoms with Crippen LogP contribution in [0.15, 0.2) is 29.9 Å². The third kappa shape index (κ3) is 4.79. The molecule has 0 radical (unpaired) electrons. The molecule has 3 nitrogen and oxygen atoms in total. The molecule has 0 aromatic rings. The highest BCUT2D eigenvalue weighted by molar-refractivity contribution is 4.97. The molecule has 0 heterocycles. The predicted molar refractivity (Wildman–Crippen MR) is 33.3 cm³/mol. The Morgan fingerprint density at radius 2 is 2.50 bits per heavy atom. The van der Waals surface area contributed by atoms with E-state index in [4.69, 9.17) is 5.53 Å². The molecule has 0 fully saturated rings. The fraction of sp³-hybridized carbons (Fsp3) is 0.200. The highest BCUT2D eigenvalue weighted by atomic mass is 15.1. The van der Waals surface area contributed by atoms with Gasteiger partial charge in [-0.15, -0.1) is 0 Å². The van der Waals surface area contributed by atoms with Gasteiger partial charge in [-0.25, -0.2) is 0 Å². The maximum Gasteiger partial charge on any atom is 0.0443 e. The van der Waals surface area contributed by atoms with E-state index in [1.807, 2.05) is 0 Å². The summed E-state index contributed by atoms with van der Waals surface area (Å²) in [6.45, 7) is 3.84. The van der Waals surface area contributed by atoms with E-state index in [-0.39, 0.29) is 0 Å². The Labute approximate surface area is 48.0 Å². The van der Waals surface area contributed by atoms with Crippen LogP contribution < -0.4 is 0 Å². The van der Waals surface area contributed by atoms with E-state index in [1.165, 1.54) is 0 Å². The van der Waals surface area contributed by atoms with Gasteiger partial charge in [0.1, 0.15) is 0 Å². The molecule has 0 amide bonds. The van der Waals surface area contributed by atoms with Crippen LogP contribution in [0.3, 0.4) is 0 Å². The van der Waals surface area contributed by atoms with Crippen LogP contribution in [-0.2, 0) is 0 Å². The summed E-state index contributed by atoms with van der Waals surface area (Å²) in [5, 5.41) is 3.26. The maximum absolute atomic E-state index is 7.76. The van der Waals surface area contributed by atoms with Gasteiger partial charge in [-0.2, -0.15) is 0 Å². The van der Waals surface area contributed by atoms with Crippen LogP contribution in [0.25, 0.3) is 10.4 Å². The fourth-order valence-electron chi connectivity index (χ4n) is 0.241. The van der Waals surface area contributed by atoms with Crippen molar-refractivity contribution in [3.05, 3.63) is 35.2 Å². The number of azide groups is 1. The van der Waals surface area contributed by atoms with Gasteiger partial charge in [0.05, 0.1) is 0 Å². The molecular weight excluding hydrogens is 102 g/mol. The van der Waals surface area contributed by atoms with Crippen molar-refractivity contribution in [3.63, 3.8) is 0 Å². The molecule has 8 heavy (non-hydrogen) atoms. The monoisotopic (exact) mass is 109 g/mol. The Kier molecular flexibility index (Phi) is 4.91. The summed E-state index contributed by atoms with van der Waals surface area (Å²) >= 11 is 0. The van der Waals surface area contributed by atoms with Gasteiger partial charge in [-0.3, -0.25) is 0 Å². The van der Waals surface area contributed by atoms with Gasteiger partial charge in [0, 0.05) is 11.5 Å². The summed E-state index contributed by atoms with van der Waals surface area (Å²) in [4.78, 5) is 2.55. The topological polar surface area (TPSA) is 48.8 Å². The summed E-state index contributed by atoms with van der Waals surface area (Å²) < 4.78 is 0. The second-order valence-corrected chi connectivity index (χ2v) is 1.08. The number of rotatable bonds is 3. The molecule has 0 saturated carbocycles. The Hall–Kier alpha value is -1.21. The molecule has 0 aliphatic heterocycles. The molecule has 3 heteroatoms. The van der Waals surface area contributed by atoms with E-state index in [0.29, 0.717) is 6.54 Å². The minimum Gasteiger partial charge on any atom is -0.0991 e. The molecule has 42 valence electrons. The first-order valence-electron chi connectivity index (χ1n) is 2.20. The molecule has 0 bridgehead atoms. The minimum atomic E-state index is 0.405. The van der Waals surface area contributed by atoms with Crippen LogP contribution in [0, 0.1) is 0 Å². The van der Waals surface area contributed by atoms with Gasteiger partial charge in [-0.1, -0.05) is 29.9 Å². The fourth-order valence-corrected chi connectivity index (χ4v) is 0.241. The third-order valence-corrected chi connectivity index (χ3v) is 0.522. The lowest BCUT2D eigenvalue weighted by atomic mass is 10.5. The Balaban J connectivity index is 3.29. The van der Waals surface area contributed by atoms with E-state index in [1.54, 1.807) is 18.2 Å². The van der Waals surface area contributed by atoms with Crippen molar-refractivity contribution in [2.75, 3.05) is 6.54 Å². The van der Waals surface area contributed by atoms with Crippen molar-refractivity contribution < 1.29 is 0 Å². The lowest BCUT2D eigenvalue weighted by molar-refractivity contribution is 1.21. The highest BCUT2D eigenvalue weighted by Gasteiger charge is 1.63. The van der Waals surface area contributed by atoms with Gasteiger partial charge in [0.15, 0.2) is 0 Å². The van der Waals surface area contributed by atoms with Crippen molar-refractivity contribution in [2.24, 2.45) is 5.11 Å². The van der Waals surface area contributed by atoms with Crippen LogP contribution in [0.2, 0.25) is 0 Å². The lowest BCUT2D eigenvalue weighted by Crippen LogP contribution is -1.62. The van der Waals surface area contributed by atoms with Crippen LogP contribution in [0.5, 0.6) is 0 Å². The van der Waals surface area contributed by atoms with Crippen molar-refractivity contribution >= 4 is 0 Å². The molecule has 0 saturated heterocycles. The lowest BCUT2D eigenvalue weighted by Gasteiger charge is -1.70. The Bertz CT molecular complexity index is 131. The summed E-state index contributed by atoms with van der Waals surface area (Å²) in [5.74, 6) is 0. The Morgan fingerprint density at radius 1 is 1.75 bits per heavy atom. The van der Waals surface area contributed by atoms with Crippen LogP contribution in [-0.4, -0.2) is 6.54 Å². The molecule has 0 aromatic carbocycles. The SMILES string of the molecule is C=C/C=C/CN=[N+]=[N-]. The van der Waals surface area contributed by atoms with Gasteiger partial charge in [0.2, 0.25) is 0 Å². The molecule has 0 aliphatic carbocycles. The highest BCUT2D eigenvalue weighted by Crippen LogP contribution is 1.75. The molecule has 0 aromatic heterocycles. The van der Waals surface area contributed by atoms with Crippen molar-refractivity contribution in [3.8, 4) is 0 Å². The summed E-state index contributed by atoms with van der Waals surface area (Å²) in [6, 6.07) is 0. The summed E-state index contributed by atoms with van der Waals surface area (Å²) in [6.07, 6.45) is 5.09. The zero-order valence-electron chi connectivity index (χ0n) is 4.49. The standard InChI is InChI=1S/C5H7N3/c1-2-3-4-5-7-8-6/h2-4H,1,5H2/b4-3+. The van der Waals surface area contributed by atoms with Gasteiger partial charge < -0.3 is 0 Å². The van der Waals surface area contributed by atoms with Crippen LogP contribution >= 0.6 is 0 Å². The maximum atomic E-state index is 7.76. The first-order chi connectivity index (χ1) is 3.91. The minimum absolute atomic E-state index is 0.405. The number of hydrogen-bond donors (Lipinski definition) is 0. The molecule has 0 spiro atoms. The van der Waals surface area contributed by atoms with Crippen LogP contribution in [0.4, 0.5) is 0 Å². The first-order valence-corrected chi connectivity index (χ1v) is 2.20. The molecule has 0 aliphatic rings. The zero-order valence-corrected chi connectivity index (χ0v) is 4.49. The van der Waals surface area contributed by atoms with Gasteiger partial charge >= 0.3 is 0 Å². The van der Waals surface area contributed by atoms with E-state index >= 15 is 0 Å². The number of hydrogen-bond acceptors (Lipinski definition) is 1. The predicted octanol–water partition coefficient (Wildman–Crippen LogP) is 2.04. The quantitative estimate of drug-likeness (QED) is 0.230. The Morgan fingerprint density at radius 3 is 3.00 bits per heavy atom. The number of nitrogens with zero attached hydrogens (tertiary/aromatic N) is 3. The average Bonchev–Trinajstić information content (AvgIpc) is 1.81. The van der Waals surface area contributed by atoms with E-state index in [9.17, 15) is 0 Å². The van der Waals surface area contributed by atoms with E-state index in [0.717, 1.165) is 0 Å². The second kappa shape index (κ2) is 5.79. The largest absolute Gasteiger partial charge is 0.0991 e. The molecule has 0 rings (SSSR count). The third-order valence-electron chi connectivity index (χ3n) is 0.522. The van der Waals surface area contributed by atoms with E-state index < -0.39 is 0 Å². The molecular formula is C5H7N3. The van der Waals surface area contributed by atoms with Crippen molar-refractivity contribution in [1.82, 2.24) is 0 Å². The first kappa shape index (κ1) is 6.79. The second-order valence-electron chi connectivity index (χ2n) is 1.08. The summed E-state index contributed by atoms with van der Waals surface area (Å²) in [5.41, 5.74) is 7.76. The summed E-state index contributed by atoms with van der Waals surface area (Å²) in [7, 11) is 0. The van der Waals surface area contributed by atoms with Crippen LogP contribution in [0.1, 0.15) is 0 Å². The smallest absolute Gasteiger partial charge is 0.0443 e. The molecule has 0 N–H and O–H groups in total. The zero-order chi connectivity index (χ0) is 6.24. The average molecular weight is 109 g/mol. The van der Waals surface area contributed by atoms with E-state index in [2.05, 4.69) is 16.6 Å². The molecule has 0 unspecified atom stereocenters. The molecule has 0 atom stereocenters.